The second-order valence-electron chi connectivity index (χ2n) is 7.58. The molecule has 1 aliphatic carbocycles. The van der Waals surface area contributed by atoms with Gasteiger partial charge in [0.15, 0.2) is 0 Å². The Bertz CT molecular complexity index is 714. The first-order chi connectivity index (χ1) is 13.0. The molecule has 2 N–H and O–H groups in total. The number of amides is 2. The van der Waals surface area contributed by atoms with Crippen LogP contribution in [0.15, 0.2) is 30.3 Å². The lowest BCUT2D eigenvalue weighted by molar-refractivity contribution is -0.138. The van der Waals surface area contributed by atoms with Crippen LogP contribution in [-0.4, -0.2) is 36.5 Å². The second-order valence-corrected chi connectivity index (χ2v) is 7.58. The molecule has 1 aliphatic heterocycles. The highest BCUT2D eigenvalue weighted by molar-refractivity contribution is 5.88. The lowest BCUT2D eigenvalue weighted by Gasteiger charge is -2.35. The molecule has 0 aromatic heterocycles. The van der Waals surface area contributed by atoms with Crippen LogP contribution in [0.4, 0.5) is 0 Å². The molecule has 1 aromatic rings. The molecule has 146 valence electrons. The number of benzene rings is 1. The molecule has 27 heavy (non-hydrogen) atoms. The highest BCUT2D eigenvalue weighted by Crippen LogP contribution is 2.29. The van der Waals surface area contributed by atoms with Crippen molar-refractivity contribution in [2.75, 3.05) is 13.7 Å². The summed E-state index contributed by atoms with van der Waals surface area (Å²) in [7, 11) is 1.63. The Labute approximate surface area is 160 Å². The van der Waals surface area contributed by atoms with Crippen molar-refractivity contribution in [2.45, 2.75) is 45.6 Å². The minimum atomic E-state index is -0.113. The first-order valence-corrected chi connectivity index (χ1v) is 9.69. The molecule has 0 spiro atoms. The van der Waals surface area contributed by atoms with Crippen molar-refractivity contribution in [2.24, 2.45) is 11.8 Å². The number of hydrogen-bond donors (Lipinski definition) is 2. The lowest BCUT2D eigenvalue weighted by atomic mass is 9.78. The maximum absolute atomic E-state index is 12.5. The fourth-order valence-electron chi connectivity index (χ4n) is 3.82. The van der Waals surface area contributed by atoms with Crippen LogP contribution >= 0.6 is 0 Å². The van der Waals surface area contributed by atoms with E-state index in [1.54, 1.807) is 7.11 Å². The number of ether oxygens (including phenoxy) is 1. The van der Waals surface area contributed by atoms with Gasteiger partial charge in [0, 0.05) is 12.5 Å². The van der Waals surface area contributed by atoms with Gasteiger partial charge in [-0.3, -0.25) is 15.0 Å². The van der Waals surface area contributed by atoms with Crippen molar-refractivity contribution in [1.82, 2.24) is 15.8 Å². The van der Waals surface area contributed by atoms with Crippen molar-refractivity contribution in [3.8, 4) is 5.75 Å². The monoisotopic (exact) mass is 371 g/mol. The number of nitrogens with zero attached hydrogens (tertiary/aromatic N) is 1. The minimum Gasteiger partial charge on any atom is -0.497 e. The minimum absolute atomic E-state index is 0.0178. The van der Waals surface area contributed by atoms with Crippen molar-refractivity contribution >= 4 is 17.5 Å². The van der Waals surface area contributed by atoms with Crippen LogP contribution in [0.25, 0.3) is 5.70 Å². The van der Waals surface area contributed by atoms with Gasteiger partial charge in [-0.05, 0) is 54.2 Å². The average Bonchev–Trinajstić information content (AvgIpc) is 2.67. The van der Waals surface area contributed by atoms with Crippen molar-refractivity contribution in [3.05, 3.63) is 35.9 Å². The third kappa shape index (κ3) is 4.62. The topological polar surface area (TPSA) is 70.7 Å². The first kappa shape index (κ1) is 19.3. The number of carbonyl (C=O) groups excluding carboxylic acids is 2. The van der Waals surface area contributed by atoms with Gasteiger partial charge >= 0.3 is 0 Å². The molecule has 1 heterocycles. The van der Waals surface area contributed by atoms with Crippen LogP contribution in [0.2, 0.25) is 0 Å². The van der Waals surface area contributed by atoms with E-state index in [1.807, 2.05) is 30.3 Å². The molecule has 0 bridgehead atoms. The fraction of sp³-hybridized carbons (Fsp3) is 0.524. The summed E-state index contributed by atoms with van der Waals surface area (Å²) in [5.74, 6) is 1.63. The summed E-state index contributed by atoms with van der Waals surface area (Å²) in [5.41, 5.74) is 4.86. The van der Waals surface area contributed by atoms with Crippen LogP contribution in [0.5, 0.6) is 5.75 Å². The standard InChI is InChI=1S/C21H29N3O3/c1-14-5-4-6-18(15(14)2)22-20(25)13-24-21(26)12-11-19(23-24)16-7-9-17(27-3)10-8-16/h7-11,14-15,18,23H,4-6,12-13H2,1-3H3,(H,22,25). The largest absolute Gasteiger partial charge is 0.497 e. The zero-order valence-corrected chi connectivity index (χ0v) is 16.3. The second kappa shape index (κ2) is 8.46. The summed E-state index contributed by atoms with van der Waals surface area (Å²) in [6, 6.07) is 7.79. The zero-order valence-electron chi connectivity index (χ0n) is 16.3. The Balaban J connectivity index is 1.60. The Hall–Kier alpha value is -2.50. The third-order valence-electron chi connectivity index (χ3n) is 5.79. The van der Waals surface area contributed by atoms with Gasteiger partial charge in [-0.15, -0.1) is 0 Å². The van der Waals surface area contributed by atoms with Gasteiger partial charge in [0.1, 0.15) is 12.3 Å². The van der Waals surface area contributed by atoms with Crippen LogP contribution in [0, 0.1) is 11.8 Å². The lowest BCUT2D eigenvalue weighted by Crippen LogP contribution is -2.52. The van der Waals surface area contributed by atoms with Crippen LogP contribution < -0.4 is 15.5 Å². The molecule has 3 rings (SSSR count). The predicted octanol–water partition coefficient (Wildman–Crippen LogP) is 2.71. The van der Waals surface area contributed by atoms with E-state index in [9.17, 15) is 9.59 Å². The molecule has 2 aliphatic rings. The number of nitrogens with one attached hydrogen (secondary N) is 2. The van der Waals surface area contributed by atoms with Gasteiger partial charge in [-0.25, -0.2) is 5.01 Å². The van der Waals surface area contributed by atoms with Gasteiger partial charge in [0.05, 0.1) is 12.8 Å². The molecular formula is C21H29N3O3. The van der Waals surface area contributed by atoms with Gasteiger partial charge in [0.25, 0.3) is 0 Å². The summed E-state index contributed by atoms with van der Waals surface area (Å²) in [6.45, 7) is 4.46. The van der Waals surface area contributed by atoms with Gasteiger partial charge in [0.2, 0.25) is 11.8 Å². The molecule has 6 heteroatoms. The van der Waals surface area contributed by atoms with E-state index in [4.69, 9.17) is 4.74 Å². The Morgan fingerprint density at radius 2 is 2.00 bits per heavy atom. The number of carbonyl (C=O) groups is 2. The Kier molecular flexibility index (Phi) is 6.04. The van der Waals surface area contributed by atoms with Crippen LogP contribution in [-0.2, 0) is 9.59 Å². The number of hydrazine groups is 1. The molecule has 3 atom stereocenters. The maximum atomic E-state index is 12.5. The van der Waals surface area contributed by atoms with E-state index >= 15 is 0 Å². The highest BCUT2D eigenvalue weighted by atomic mass is 16.5. The summed E-state index contributed by atoms with van der Waals surface area (Å²) in [4.78, 5) is 24.8. The molecule has 2 amide bonds. The van der Waals surface area contributed by atoms with E-state index in [0.717, 1.165) is 29.9 Å². The van der Waals surface area contributed by atoms with Gasteiger partial charge in [-0.1, -0.05) is 26.7 Å². The smallest absolute Gasteiger partial charge is 0.245 e. The van der Waals surface area contributed by atoms with Crippen LogP contribution in [0.3, 0.4) is 0 Å². The average molecular weight is 371 g/mol. The fourth-order valence-corrected chi connectivity index (χ4v) is 3.82. The zero-order chi connectivity index (χ0) is 19.4. The number of rotatable bonds is 5. The summed E-state index contributed by atoms with van der Waals surface area (Å²) < 4.78 is 5.18. The molecule has 1 fully saturated rings. The van der Waals surface area contributed by atoms with Crippen molar-refractivity contribution in [3.63, 3.8) is 0 Å². The van der Waals surface area contributed by atoms with E-state index in [-0.39, 0.29) is 30.8 Å². The van der Waals surface area contributed by atoms with Crippen molar-refractivity contribution < 1.29 is 14.3 Å². The van der Waals surface area contributed by atoms with Gasteiger partial charge in [-0.2, -0.15) is 0 Å². The molecule has 1 aromatic carbocycles. The normalized spacial score (nSPS) is 25.4. The molecule has 0 saturated heterocycles. The Morgan fingerprint density at radius 3 is 2.70 bits per heavy atom. The predicted molar refractivity (Wildman–Crippen MR) is 105 cm³/mol. The SMILES string of the molecule is COc1ccc(C2=CCC(=O)N(CC(=O)NC3CCCC(C)C3C)N2)cc1. The quantitative estimate of drug-likeness (QED) is 0.835. The third-order valence-corrected chi connectivity index (χ3v) is 5.79. The molecule has 0 radical (unpaired) electrons. The molecule has 1 saturated carbocycles. The van der Waals surface area contributed by atoms with E-state index in [2.05, 4.69) is 24.6 Å². The molecule has 6 nitrogen and oxygen atoms in total. The van der Waals surface area contributed by atoms with Gasteiger partial charge < -0.3 is 10.1 Å². The van der Waals surface area contributed by atoms with Crippen molar-refractivity contribution in [1.29, 1.82) is 0 Å². The highest BCUT2D eigenvalue weighted by Gasteiger charge is 2.29. The van der Waals surface area contributed by atoms with E-state index < -0.39 is 0 Å². The van der Waals surface area contributed by atoms with Crippen LogP contribution in [0.1, 0.15) is 45.1 Å². The number of methoxy groups -OCH3 is 1. The number of hydrogen-bond acceptors (Lipinski definition) is 4. The maximum Gasteiger partial charge on any atom is 0.245 e. The Morgan fingerprint density at radius 1 is 1.26 bits per heavy atom. The van der Waals surface area contributed by atoms with E-state index in [1.165, 1.54) is 11.4 Å². The summed E-state index contributed by atoms with van der Waals surface area (Å²) in [5, 5.41) is 4.54. The summed E-state index contributed by atoms with van der Waals surface area (Å²) in [6.07, 6.45) is 5.50. The van der Waals surface area contributed by atoms with E-state index in [0.29, 0.717) is 11.8 Å². The first-order valence-electron chi connectivity index (χ1n) is 9.69. The molecule has 3 unspecified atom stereocenters. The summed E-state index contributed by atoms with van der Waals surface area (Å²) >= 11 is 0. The molecular weight excluding hydrogens is 342 g/mol.